The third-order valence-electron chi connectivity index (χ3n) is 4.02. The Kier molecular flexibility index (Phi) is 5.28. The van der Waals surface area contributed by atoms with Crippen molar-refractivity contribution in [3.05, 3.63) is 35.4 Å². The minimum atomic E-state index is -0.598. The van der Waals surface area contributed by atoms with Gasteiger partial charge in [-0.3, -0.25) is 4.79 Å². The maximum Gasteiger partial charge on any atom is 0.221 e. The molecule has 1 aromatic rings. The number of hydrogen-bond donors (Lipinski definition) is 2. The Morgan fingerprint density at radius 1 is 1.14 bits per heavy atom. The molecule has 1 amide bonds. The second-order valence-corrected chi connectivity index (χ2v) is 5.98. The molecule has 3 N–H and O–H groups in total. The minimum absolute atomic E-state index is 0.0868. The summed E-state index contributed by atoms with van der Waals surface area (Å²) in [5.74, 6) is -1.28. The summed E-state index contributed by atoms with van der Waals surface area (Å²) in [6.07, 6.45) is 5.83. The predicted molar refractivity (Wildman–Crippen MR) is 77.7 cm³/mol. The number of carbonyl (C=O) groups is 1. The molecule has 116 valence electrons. The van der Waals surface area contributed by atoms with E-state index in [4.69, 9.17) is 5.73 Å². The van der Waals surface area contributed by atoms with Crippen LogP contribution in [0.2, 0.25) is 0 Å². The molecule has 1 aliphatic carbocycles. The topological polar surface area (TPSA) is 55.1 Å². The van der Waals surface area contributed by atoms with Gasteiger partial charge in [-0.1, -0.05) is 19.3 Å². The van der Waals surface area contributed by atoms with E-state index in [1.165, 1.54) is 18.6 Å². The quantitative estimate of drug-likeness (QED) is 0.877. The first-order chi connectivity index (χ1) is 9.97. The van der Waals surface area contributed by atoms with Crippen molar-refractivity contribution < 1.29 is 13.6 Å². The highest BCUT2D eigenvalue weighted by Crippen LogP contribution is 2.28. The molecule has 21 heavy (non-hydrogen) atoms. The molecule has 0 bridgehead atoms. The summed E-state index contributed by atoms with van der Waals surface area (Å²) in [7, 11) is 0. The summed E-state index contributed by atoms with van der Waals surface area (Å²) in [5.41, 5.74) is 6.38. The molecule has 5 heteroatoms. The Labute approximate surface area is 123 Å². The van der Waals surface area contributed by atoms with E-state index in [0.717, 1.165) is 31.7 Å². The van der Waals surface area contributed by atoms with Crippen molar-refractivity contribution in [2.24, 2.45) is 5.73 Å². The largest absolute Gasteiger partial charge is 0.356 e. The minimum Gasteiger partial charge on any atom is -0.356 e. The predicted octanol–water partition coefficient (Wildman–Crippen LogP) is 2.68. The van der Waals surface area contributed by atoms with E-state index in [1.807, 2.05) is 0 Å². The van der Waals surface area contributed by atoms with Crippen LogP contribution < -0.4 is 11.1 Å². The van der Waals surface area contributed by atoms with Crippen LogP contribution in [0.5, 0.6) is 0 Å². The van der Waals surface area contributed by atoms with Gasteiger partial charge in [-0.15, -0.1) is 0 Å². The van der Waals surface area contributed by atoms with Crippen LogP contribution in [0, 0.1) is 11.6 Å². The summed E-state index contributed by atoms with van der Waals surface area (Å²) < 4.78 is 26.1. The van der Waals surface area contributed by atoms with Gasteiger partial charge in [-0.25, -0.2) is 8.78 Å². The van der Waals surface area contributed by atoms with Crippen molar-refractivity contribution in [3.8, 4) is 0 Å². The Balaban J connectivity index is 1.76. The number of nitrogens with two attached hydrogens (primary N) is 1. The number of rotatable bonds is 5. The fraction of sp³-hybridized carbons (Fsp3) is 0.562. The molecular weight excluding hydrogens is 274 g/mol. The van der Waals surface area contributed by atoms with Crippen LogP contribution in [0.1, 0.15) is 44.1 Å². The van der Waals surface area contributed by atoms with E-state index in [1.54, 1.807) is 0 Å². The number of hydrogen-bond acceptors (Lipinski definition) is 2. The molecule has 0 radical (unpaired) electrons. The SMILES string of the molecule is NC1(CC(=O)NCCc2cc(F)cc(F)c2)CCCCC1. The Bertz CT molecular complexity index is 479. The number of carbonyl (C=O) groups excluding carboxylic acids is 1. The van der Waals surface area contributed by atoms with Gasteiger partial charge in [0.25, 0.3) is 0 Å². The molecule has 1 fully saturated rings. The third kappa shape index (κ3) is 5.08. The van der Waals surface area contributed by atoms with Crippen LogP contribution >= 0.6 is 0 Å². The van der Waals surface area contributed by atoms with E-state index in [0.29, 0.717) is 24.9 Å². The second kappa shape index (κ2) is 6.98. The van der Waals surface area contributed by atoms with E-state index in [9.17, 15) is 13.6 Å². The summed E-state index contributed by atoms with van der Waals surface area (Å²) >= 11 is 0. The zero-order valence-corrected chi connectivity index (χ0v) is 12.1. The van der Waals surface area contributed by atoms with Crippen LogP contribution in [-0.2, 0) is 11.2 Å². The van der Waals surface area contributed by atoms with E-state index >= 15 is 0 Å². The lowest BCUT2D eigenvalue weighted by Crippen LogP contribution is -2.46. The highest BCUT2D eigenvalue weighted by Gasteiger charge is 2.29. The second-order valence-electron chi connectivity index (χ2n) is 5.98. The molecule has 0 unspecified atom stereocenters. The van der Waals surface area contributed by atoms with Crippen molar-refractivity contribution in [1.82, 2.24) is 5.32 Å². The molecular formula is C16H22F2N2O. The standard InChI is InChI=1S/C16H22F2N2O/c17-13-8-12(9-14(18)10-13)4-7-20-15(21)11-16(19)5-2-1-3-6-16/h8-10H,1-7,11,19H2,(H,20,21). The van der Waals surface area contributed by atoms with E-state index < -0.39 is 11.6 Å². The van der Waals surface area contributed by atoms with Crippen LogP contribution in [0.3, 0.4) is 0 Å². The smallest absolute Gasteiger partial charge is 0.221 e. The Morgan fingerprint density at radius 3 is 2.38 bits per heavy atom. The first kappa shape index (κ1) is 15.9. The average Bonchev–Trinajstić information content (AvgIpc) is 2.37. The number of benzene rings is 1. The van der Waals surface area contributed by atoms with Gasteiger partial charge in [0, 0.05) is 24.6 Å². The molecule has 0 aromatic heterocycles. The number of amides is 1. The van der Waals surface area contributed by atoms with Gasteiger partial charge in [0.1, 0.15) is 11.6 Å². The molecule has 3 nitrogen and oxygen atoms in total. The fourth-order valence-electron chi connectivity index (χ4n) is 2.92. The molecule has 1 aliphatic rings. The van der Waals surface area contributed by atoms with Crippen molar-refractivity contribution >= 4 is 5.91 Å². The monoisotopic (exact) mass is 296 g/mol. The van der Waals surface area contributed by atoms with Crippen molar-refractivity contribution in [2.45, 2.75) is 50.5 Å². The van der Waals surface area contributed by atoms with Gasteiger partial charge < -0.3 is 11.1 Å². The van der Waals surface area contributed by atoms with Gasteiger partial charge in [0.15, 0.2) is 0 Å². The number of nitrogens with one attached hydrogen (secondary N) is 1. The van der Waals surface area contributed by atoms with E-state index in [2.05, 4.69) is 5.32 Å². The normalized spacial score (nSPS) is 17.5. The molecule has 1 aromatic carbocycles. The molecule has 1 saturated carbocycles. The highest BCUT2D eigenvalue weighted by atomic mass is 19.1. The van der Waals surface area contributed by atoms with Gasteiger partial charge in [-0.2, -0.15) is 0 Å². The zero-order valence-electron chi connectivity index (χ0n) is 12.1. The maximum absolute atomic E-state index is 13.0. The van der Waals surface area contributed by atoms with Gasteiger partial charge in [0.05, 0.1) is 0 Å². The lowest BCUT2D eigenvalue weighted by molar-refractivity contribution is -0.122. The average molecular weight is 296 g/mol. The lowest BCUT2D eigenvalue weighted by atomic mass is 9.80. The Morgan fingerprint density at radius 2 is 1.76 bits per heavy atom. The first-order valence-electron chi connectivity index (χ1n) is 7.47. The molecule has 0 heterocycles. The summed E-state index contributed by atoms with van der Waals surface area (Å²) in [6, 6.07) is 3.39. The fourth-order valence-corrected chi connectivity index (χ4v) is 2.92. The van der Waals surface area contributed by atoms with Gasteiger partial charge in [-0.05, 0) is 37.0 Å². The third-order valence-corrected chi connectivity index (χ3v) is 4.02. The van der Waals surface area contributed by atoms with Crippen molar-refractivity contribution in [2.75, 3.05) is 6.54 Å². The van der Waals surface area contributed by atoms with Crippen molar-refractivity contribution in [1.29, 1.82) is 0 Å². The van der Waals surface area contributed by atoms with Crippen LogP contribution in [0.25, 0.3) is 0 Å². The molecule has 0 saturated heterocycles. The van der Waals surface area contributed by atoms with E-state index in [-0.39, 0.29) is 11.4 Å². The molecule has 0 aliphatic heterocycles. The molecule has 2 rings (SSSR count). The highest BCUT2D eigenvalue weighted by molar-refractivity contribution is 5.77. The first-order valence-corrected chi connectivity index (χ1v) is 7.47. The molecule has 0 spiro atoms. The maximum atomic E-state index is 13.0. The van der Waals surface area contributed by atoms with Crippen LogP contribution in [0.15, 0.2) is 18.2 Å². The summed E-state index contributed by atoms with van der Waals surface area (Å²) in [6.45, 7) is 0.359. The Hall–Kier alpha value is -1.49. The zero-order chi connectivity index (χ0) is 15.3. The van der Waals surface area contributed by atoms with Crippen LogP contribution in [0.4, 0.5) is 8.78 Å². The summed E-state index contributed by atoms with van der Waals surface area (Å²) in [4.78, 5) is 11.9. The van der Waals surface area contributed by atoms with Crippen molar-refractivity contribution in [3.63, 3.8) is 0 Å². The lowest BCUT2D eigenvalue weighted by Gasteiger charge is -2.32. The van der Waals surface area contributed by atoms with Gasteiger partial charge in [0.2, 0.25) is 5.91 Å². The van der Waals surface area contributed by atoms with Gasteiger partial charge >= 0.3 is 0 Å². The number of halogens is 2. The summed E-state index contributed by atoms with van der Waals surface area (Å²) in [5, 5.41) is 2.78. The van der Waals surface area contributed by atoms with Crippen LogP contribution in [-0.4, -0.2) is 18.0 Å². The molecule has 0 atom stereocenters.